The first-order valence-electron chi connectivity index (χ1n) is 12.0. The van der Waals surface area contributed by atoms with Crippen LogP contribution in [0.5, 0.6) is 5.75 Å². The zero-order valence-electron chi connectivity index (χ0n) is 21.0. The Hall–Kier alpha value is -3.63. The lowest BCUT2D eigenvalue weighted by Crippen LogP contribution is -2.55. The first-order valence-corrected chi connectivity index (χ1v) is 12.0. The largest absolute Gasteiger partial charge is 0.508 e. The van der Waals surface area contributed by atoms with Gasteiger partial charge in [-0.05, 0) is 73.9 Å². The summed E-state index contributed by atoms with van der Waals surface area (Å²) in [6.07, 6.45) is 1.61. The van der Waals surface area contributed by atoms with Crippen molar-refractivity contribution in [2.75, 3.05) is 13.2 Å². The van der Waals surface area contributed by atoms with Crippen molar-refractivity contribution in [3.63, 3.8) is 0 Å². The molecule has 0 saturated carbocycles. The fourth-order valence-corrected chi connectivity index (χ4v) is 4.15. The number of hydrogen-bond acceptors (Lipinski definition) is 6. The molecule has 2 amide bonds. The van der Waals surface area contributed by atoms with Crippen molar-refractivity contribution in [1.29, 1.82) is 0 Å². The Morgan fingerprint density at radius 3 is 2.33 bits per heavy atom. The van der Waals surface area contributed by atoms with Crippen LogP contribution in [0.4, 0.5) is 0 Å². The highest BCUT2D eigenvalue weighted by atomic mass is 16.3. The van der Waals surface area contributed by atoms with E-state index in [1.807, 2.05) is 44.2 Å². The van der Waals surface area contributed by atoms with E-state index in [1.165, 1.54) is 0 Å². The van der Waals surface area contributed by atoms with Crippen molar-refractivity contribution in [3.05, 3.63) is 64.7 Å². The number of carbonyl (C=O) groups is 2. The predicted octanol–water partition coefficient (Wildman–Crippen LogP) is 0.786. The number of aliphatic hydroxyl groups is 1. The van der Waals surface area contributed by atoms with Crippen LogP contribution < -0.4 is 22.6 Å². The Labute approximate surface area is 212 Å². The van der Waals surface area contributed by atoms with E-state index in [0.717, 1.165) is 27.3 Å². The average molecular weight is 499 g/mol. The normalized spacial score (nSPS) is 12.4. The minimum Gasteiger partial charge on any atom is -0.508 e. The van der Waals surface area contributed by atoms with Crippen LogP contribution in [-0.2, 0) is 22.4 Å². The molecule has 0 fully saturated rings. The van der Waals surface area contributed by atoms with Gasteiger partial charge in [-0.1, -0.05) is 30.3 Å². The highest BCUT2D eigenvalue weighted by Gasteiger charge is 2.29. The van der Waals surface area contributed by atoms with Crippen LogP contribution in [0, 0.1) is 13.8 Å². The molecule has 10 nitrogen and oxygen atoms in total. The molecule has 2 aromatic rings. The number of aliphatic hydroxyl groups excluding tert-OH is 1. The highest BCUT2D eigenvalue weighted by molar-refractivity contribution is 5.87. The molecular weight excluding hydrogens is 460 g/mol. The smallest absolute Gasteiger partial charge is 0.244 e. The first-order chi connectivity index (χ1) is 17.1. The van der Waals surface area contributed by atoms with Crippen LogP contribution in [0.1, 0.15) is 41.5 Å². The second-order valence-electron chi connectivity index (χ2n) is 8.90. The number of nitrogens with zero attached hydrogens (tertiary/aromatic N) is 2. The molecule has 9 N–H and O–H groups in total. The van der Waals surface area contributed by atoms with Gasteiger partial charge in [-0.15, -0.1) is 0 Å². The lowest BCUT2D eigenvalue weighted by atomic mass is 9.97. The molecule has 2 atom stereocenters. The van der Waals surface area contributed by atoms with Crippen LogP contribution in [0.3, 0.4) is 0 Å². The Morgan fingerprint density at radius 2 is 1.75 bits per heavy atom. The predicted molar refractivity (Wildman–Crippen MR) is 140 cm³/mol. The van der Waals surface area contributed by atoms with Crippen LogP contribution in [-0.4, -0.2) is 58.2 Å². The van der Waals surface area contributed by atoms with Gasteiger partial charge in [0.2, 0.25) is 11.8 Å². The molecule has 10 heteroatoms. The molecule has 196 valence electrons. The highest BCUT2D eigenvalue weighted by Crippen LogP contribution is 2.22. The van der Waals surface area contributed by atoms with Gasteiger partial charge in [0.05, 0.1) is 12.6 Å². The SMILES string of the molecule is Cc1cc(O)cc(C)c1CCC(=O)N(N)[C@@H](CCCN=C(N)N)C(=O)N[C@H](CO)Cc1ccccc1. The number of benzene rings is 2. The minimum atomic E-state index is -0.960. The molecule has 0 aliphatic heterocycles. The maximum Gasteiger partial charge on any atom is 0.244 e. The third-order valence-corrected chi connectivity index (χ3v) is 6.02. The van der Waals surface area contributed by atoms with E-state index in [9.17, 15) is 19.8 Å². The molecule has 0 aliphatic carbocycles. The lowest BCUT2D eigenvalue weighted by molar-refractivity contribution is -0.141. The summed E-state index contributed by atoms with van der Waals surface area (Å²) in [7, 11) is 0. The van der Waals surface area contributed by atoms with E-state index in [2.05, 4.69) is 10.3 Å². The number of aromatic hydroxyl groups is 1. The third kappa shape index (κ3) is 8.86. The molecule has 2 rings (SSSR count). The summed E-state index contributed by atoms with van der Waals surface area (Å²) in [4.78, 5) is 30.1. The fraction of sp³-hybridized carbons (Fsp3) is 0.423. The van der Waals surface area contributed by atoms with Gasteiger partial charge in [0.15, 0.2) is 5.96 Å². The minimum absolute atomic E-state index is 0.0560. The van der Waals surface area contributed by atoms with Crippen LogP contribution >= 0.6 is 0 Å². The van der Waals surface area contributed by atoms with Gasteiger partial charge in [-0.25, -0.2) is 5.84 Å². The van der Waals surface area contributed by atoms with Crippen molar-refractivity contribution in [2.45, 2.75) is 58.0 Å². The summed E-state index contributed by atoms with van der Waals surface area (Å²) >= 11 is 0. The zero-order chi connectivity index (χ0) is 26.7. The van der Waals surface area contributed by atoms with E-state index in [0.29, 0.717) is 19.3 Å². The van der Waals surface area contributed by atoms with Crippen molar-refractivity contribution < 1.29 is 19.8 Å². The van der Waals surface area contributed by atoms with Gasteiger partial charge in [0.25, 0.3) is 0 Å². The summed E-state index contributed by atoms with van der Waals surface area (Å²) in [6.45, 7) is 3.76. The molecule has 0 spiro atoms. The Kier molecular flexibility index (Phi) is 11.2. The number of aryl methyl sites for hydroxylation is 2. The van der Waals surface area contributed by atoms with Crippen LogP contribution in [0.25, 0.3) is 0 Å². The van der Waals surface area contributed by atoms with Gasteiger partial charge >= 0.3 is 0 Å². The summed E-state index contributed by atoms with van der Waals surface area (Å²) in [5, 5.41) is 23.4. The molecule has 0 bridgehead atoms. The summed E-state index contributed by atoms with van der Waals surface area (Å²) < 4.78 is 0. The Bertz CT molecular complexity index is 1020. The van der Waals surface area contributed by atoms with E-state index in [-0.39, 0.29) is 37.7 Å². The molecule has 0 unspecified atom stereocenters. The number of nitrogens with one attached hydrogen (secondary N) is 1. The zero-order valence-corrected chi connectivity index (χ0v) is 21.0. The second-order valence-corrected chi connectivity index (χ2v) is 8.90. The summed E-state index contributed by atoms with van der Waals surface area (Å²) in [5.41, 5.74) is 14.4. The molecule has 0 aliphatic rings. The topological polar surface area (TPSA) is 180 Å². The maximum absolute atomic E-state index is 13.2. The molecule has 0 radical (unpaired) electrons. The average Bonchev–Trinajstić information content (AvgIpc) is 2.82. The lowest BCUT2D eigenvalue weighted by Gasteiger charge is -2.28. The van der Waals surface area contributed by atoms with Crippen LogP contribution in [0.15, 0.2) is 47.5 Å². The Morgan fingerprint density at radius 1 is 1.11 bits per heavy atom. The van der Waals surface area contributed by atoms with Crippen molar-refractivity contribution in [1.82, 2.24) is 10.3 Å². The van der Waals surface area contributed by atoms with Gasteiger partial charge in [0, 0.05) is 13.0 Å². The second kappa shape index (κ2) is 14.1. The van der Waals surface area contributed by atoms with Crippen molar-refractivity contribution >= 4 is 17.8 Å². The van der Waals surface area contributed by atoms with Crippen molar-refractivity contribution in [3.8, 4) is 5.75 Å². The van der Waals surface area contributed by atoms with E-state index >= 15 is 0 Å². The molecule has 0 aromatic heterocycles. The van der Waals surface area contributed by atoms with Gasteiger partial charge in [-0.2, -0.15) is 0 Å². The van der Waals surface area contributed by atoms with E-state index < -0.39 is 23.9 Å². The number of hydrogen-bond donors (Lipinski definition) is 6. The number of guanidine groups is 1. The number of nitrogens with two attached hydrogens (primary N) is 3. The molecule has 0 heterocycles. The molecule has 36 heavy (non-hydrogen) atoms. The van der Waals surface area contributed by atoms with E-state index in [1.54, 1.807) is 12.1 Å². The quantitative estimate of drug-likeness (QED) is 0.0589. The Balaban J connectivity index is 2.10. The summed E-state index contributed by atoms with van der Waals surface area (Å²) in [6, 6.07) is 11.3. The van der Waals surface area contributed by atoms with Gasteiger partial charge in [-0.3, -0.25) is 19.6 Å². The molecule has 0 saturated heterocycles. The van der Waals surface area contributed by atoms with Gasteiger partial charge in [0.1, 0.15) is 11.8 Å². The fourth-order valence-electron chi connectivity index (χ4n) is 4.15. The number of carbonyl (C=O) groups excluding carboxylic acids is 2. The van der Waals surface area contributed by atoms with Gasteiger partial charge < -0.3 is 27.0 Å². The number of amides is 2. The number of phenols is 1. The number of aliphatic imine (C=N–C) groups is 1. The maximum atomic E-state index is 13.2. The molecular formula is C26H38N6O4. The number of rotatable bonds is 13. The van der Waals surface area contributed by atoms with Crippen LogP contribution in [0.2, 0.25) is 0 Å². The number of phenolic OH excluding ortho intramolecular Hbond substituents is 1. The third-order valence-electron chi connectivity index (χ3n) is 6.02. The monoisotopic (exact) mass is 498 g/mol. The standard InChI is InChI=1S/C26H38N6O4/c1-17-13-21(34)14-18(2)22(17)10-11-24(35)32(29)23(9-6-12-30-26(27)28)25(36)31-20(16-33)15-19-7-4-3-5-8-19/h3-5,7-8,13-14,20,23,33-34H,6,9-12,15-16,29H2,1-2H3,(H,31,36)(H4,27,28,30)/t20-,23-/m0/s1. The number of hydrazine groups is 1. The first kappa shape index (κ1) is 28.6. The van der Waals surface area contributed by atoms with Crippen molar-refractivity contribution in [2.24, 2.45) is 22.3 Å². The molecule has 2 aromatic carbocycles. The van der Waals surface area contributed by atoms with E-state index in [4.69, 9.17) is 17.3 Å². The summed E-state index contributed by atoms with van der Waals surface area (Å²) in [5.74, 6) is 5.44.